The van der Waals surface area contributed by atoms with Crippen molar-refractivity contribution in [1.82, 2.24) is 14.9 Å². The number of aromatic nitrogens is 3. The normalized spacial score (nSPS) is 10.9. The van der Waals surface area contributed by atoms with Gasteiger partial charge in [-0.25, -0.2) is 0 Å². The predicted octanol–water partition coefficient (Wildman–Crippen LogP) is 3.06. The number of hydrogen-bond acceptors (Lipinski definition) is 3. The standard InChI is InChI=1S/C9H9Br2N3O/c1-5-7(6(2)15-13-5)4-14-9(11)3-8(10)12-14/h3H,4H2,1-2H3. The Kier molecular flexibility index (Phi) is 2.97. The molecule has 2 aromatic heterocycles. The molecule has 0 spiro atoms. The summed E-state index contributed by atoms with van der Waals surface area (Å²) in [6.45, 7) is 4.49. The number of halogens is 2. The maximum Gasteiger partial charge on any atom is 0.138 e. The number of nitrogens with zero attached hydrogens (tertiary/aromatic N) is 3. The van der Waals surface area contributed by atoms with Crippen LogP contribution in [0.15, 0.2) is 19.8 Å². The van der Waals surface area contributed by atoms with Gasteiger partial charge in [-0.05, 0) is 45.7 Å². The molecule has 0 atom stereocenters. The van der Waals surface area contributed by atoms with Crippen molar-refractivity contribution < 1.29 is 4.52 Å². The first-order valence-electron chi connectivity index (χ1n) is 4.38. The van der Waals surface area contributed by atoms with Crippen molar-refractivity contribution in [3.8, 4) is 0 Å². The van der Waals surface area contributed by atoms with E-state index in [1.807, 2.05) is 24.6 Å². The summed E-state index contributed by atoms with van der Waals surface area (Å²) >= 11 is 6.75. The third-order valence-corrected chi connectivity index (χ3v) is 3.22. The van der Waals surface area contributed by atoms with Crippen molar-refractivity contribution in [3.63, 3.8) is 0 Å². The van der Waals surface area contributed by atoms with Crippen LogP contribution in [0.4, 0.5) is 0 Å². The molecule has 0 aliphatic heterocycles. The molecule has 0 unspecified atom stereocenters. The predicted molar refractivity (Wildman–Crippen MR) is 62.7 cm³/mol. The summed E-state index contributed by atoms with van der Waals surface area (Å²) in [5.41, 5.74) is 1.98. The largest absolute Gasteiger partial charge is 0.361 e. The van der Waals surface area contributed by atoms with Gasteiger partial charge in [-0.15, -0.1) is 0 Å². The quantitative estimate of drug-likeness (QED) is 0.847. The van der Waals surface area contributed by atoms with Gasteiger partial charge in [0.1, 0.15) is 15.0 Å². The zero-order valence-corrected chi connectivity index (χ0v) is 11.5. The molecule has 2 rings (SSSR count). The van der Waals surface area contributed by atoms with Gasteiger partial charge in [0.15, 0.2) is 0 Å². The molecular weight excluding hydrogens is 326 g/mol. The highest BCUT2D eigenvalue weighted by Crippen LogP contribution is 2.20. The molecular formula is C9H9Br2N3O. The van der Waals surface area contributed by atoms with E-state index in [0.717, 1.165) is 26.2 Å². The summed E-state index contributed by atoms with van der Waals surface area (Å²) in [4.78, 5) is 0. The van der Waals surface area contributed by atoms with E-state index in [1.54, 1.807) is 0 Å². The number of hydrogen-bond donors (Lipinski definition) is 0. The Labute approximate surface area is 104 Å². The zero-order chi connectivity index (χ0) is 11.0. The smallest absolute Gasteiger partial charge is 0.138 e. The first kappa shape index (κ1) is 10.9. The van der Waals surface area contributed by atoms with Gasteiger partial charge in [0.05, 0.1) is 12.2 Å². The molecule has 15 heavy (non-hydrogen) atoms. The molecule has 0 fully saturated rings. The lowest BCUT2D eigenvalue weighted by Gasteiger charge is -2.01. The zero-order valence-electron chi connectivity index (χ0n) is 8.29. The molecule has 4 nitrogen and oxygen atoms in total. The minimum absolute atomic E-state index is 0.660. The van der Waals surface area contributed by atoms with Gasteiger partial charge in [-0.2, -0.15) is 5.10 Å². The molecule has 2 aromatic rings. The Morgan fingerprint density at radius 2 is 2.13 bits per heavy atom. The fourth-order valence-corrected chi connectivity index (χ4v) is 2.49. The Bertz CT molecular complexity index is 470. The van der Waals surface area contributed by atoms with Crippen LogP contribution in [0, 0.1) is 13.8 Å². The molecule has 0 aromatic carbocycles. The van der Waals surface area contributed by atoms with E-state index >= 15 is 0 Å². The van der Waals surface area contributed by atoms with Crippen LogP contribution in [0.25, 0.3) is 0 Å². The summed E-state index contributed by atoms with van der Waals surface area (Å²) in [7, 11) is 0. The van der Waals surface area contributed by atoms with Crippen LogP contribution in [0.1, 0.15) is 17.0 Å². The highest BCUT2D eigenvalue weighted by molar-refractivity contribution is 9.11. The van der Waals surface area contributed by atoms with E-state index < -0.39 is 0 Å². The van der Waals surface area contributed by atoms with Gasteiger partial charge in [-0.1, -0.05) is 5.16 Å². The van der Waals surface area contributed by atoms with E-state index in [1.165, 1.54) is 0 Å². The first-order chi connectivity index (χ1) is 7.08. The minimum Gasteiger partial charge on any atom is -0.361 e. The topological polar surface area (TPSA) is 43.9 Å². The molecule has 0 radical (unpaired) electrons. The lowest BCUT2D eigenvalue weighted by molar-refractivity contribution is 0.391. The van der Waals surface area contributed by atoms with E-state index in [4.69, 9.17) is 4.52 Å². The highest BCUT2D eigenvalue weighted by atomic mass is 79.9. The second kappa shape index (κ2) is 4.09. The van der Waals surface area contributed by atoms with Crippen molar-refractivity contribution in [1.29, 1.82) is 0 Å². The average Bonchev–Trinajstić information content (AvgIpc) is 2.63. The molecule has 80 valence electrons. The SMILES string of the molecule is Cc1noc(C)c1Cn1nc(Br)cc1Br. The first-order valence-corrected chi connectivity index (χ1v) is 5.97. The van der Waals surface area contributed by atoms with E-state index in [2.05, 4.69) is 42.1 Å². The maximum absolute atomic E-state index is 5.10. The van der Waals surface area contributed by atoms with Crippen LogP contribution in [-0.4, -0.2) is 14.9 Å². The molecule has 0 bridgehead atoms. The summed E-state index contributed by atoms with van der Waals surface area (Å²) in [6.07, 6.45) is 0. The van der Waals surface area contributed by atoms with Crippen LogP contribution in [0.2, 0.25) is 0 Å². The monoisotopic (exact) mass is 333 g/mol. The van der Waals surface area contributed by atoms with E-state index in [-0.39, 0.29) is 0 Å². The van der Waals surface area contributed by atoms with Crippen LogP contribution < -0.4 is 0 Å². The second-order valence-electron chi connectivity index (χ2n) is 3.25. The fourth-order valence-electron chi connectivity index (χ4n) is 1.35. The van der Waals surface area contributed by atoms with Gasteiger partial charge in [0.2, 0.25) is 0 Å². The average molecular weight is 335 g/mol. The summed E-state index contributed by atoms with van der Waals surface area (Å²) < 4.78 is 8.67. The van der Waals surface area contributed by atoms with Gasteiger partial charge >= 0.3 is 0 Å². The maximum atomic E-state index is 5.10. The molecule has 2 heterocycles. The van der Waals surface area contributed by atoms with Crippen molar-refractivity contribution in [3.05, 3.63) is 32.3 Å². The van der Waals surface area contributed by atoms with Crippen LogP contribution in [0.5, 0.6) is 0 Å². The Balaban J connectivity index is 2.33. The third kappa shape index (κ3) is 2.15. The van der Waals surface area contributed by atoms with E-state index in [0.29, 0.717) is 6.54 Å². The molecule has 0 aliphatic rings. The van der Waals surface area contributed by atoms with Gasteiger partial charge in [0.25, 0.3) is 0 Å². The van der Waals surface area contributed by atoms with Gasteiger partial charge < -0.3 is 4.52 Å². The van der Waals surface area contributed by atoms with Crippen molar-refractivity contribution >= 4 is 31.9 Å². The third-order valence-electron chi connectivity index (χ3n) is 2.19. The van der Waals surface area contributed by atoms with Crippen molar-refractivity contribution in [2.45, 2.75) is 20.4 Å². The van der Waals surface area contributed by atoms with E-state index in [9.17, 15) is 0 Å². The van der Waals surface area contributed by atoms with Crippen LogP contribution in [0.3, 0.4) is 0 Å². The minimum atomic E-state index is 0.660. The van der Waals surface area contributed by atoms with Crippen molar-refractivity contribution in [2.24, 2.45) is 0 Å². The van der Waals surface area contributed by atoms with Crippen LogP contribution >= 0.6 is 31.9 Å². The number of rotatable bonds is 2. The fraction of sp³-hybridized carbons (Fsp3) is 0.333. The molecule has 0 saturated heterocycles. The lowest BCUT2D eigenvalue weighted by atomic mass is 10.2. The summed E-state index contributed by atoms with van der Waals surface area (Å²) in [5.74, 6) is 0.839. The molecule has 0 amide bonds. The number of aryl methyl sites for hydroxylation is 2. The second-order valence-corrected chi connectivity index (χ2v) is 4.88. The van der Waals surface area contributed by atoms with Crippen LogP contribution in [-0.2, 0) is 6.54 Å². The lowest BCUT2D eigenvalue weighted by Crippen LogP contribution is -2.03. The Morgan fingerprint density at radius 1 is 1.40 bits per heavy atom. The molecule has 0 saturated carbocycles. The molecule has 0 aliphatic carbocycles. The Morgan fingerprint density at radius 3 is 2.60 bits per heavy atom. The van der Waals surface area contributed by atoms with Gasteiger partial charge in [-0.3, -0.25) is 4.68 Å². The molecule has 6 heteroatoms. The highest BCUT2D eigenvalue weighted by Gasteiger charge is 2.12. The van der Waals surface area contributed by atoms with Crippen molar-refractivity contribution in [2.75, 3.05) is 0 Å². The molecule has 0 N–H and O–H groups in total. The summed E-state index contributed by atoms with van der Waals surface area (Å²) in [6, 6.07) is 1.90. The Hall–Kier alpha value is -0.620. The van der Waals surface area contributed by atoms with Gasteiger partial charge in [0, 0.05) is 11.6 Å². The summed E-state index contributed by atoms with van der Waals surface area (Å²) in [5, 5.41) is 8.19.